The number of piperidine rings is 1. The minimum atomic E-state index is 0.293. The molecular formula is C13H24N2O. The van der Waals surface area contributed by atoms with Crippen LogP contribution in [0.25, 0.3) is 0 Å². The summed E-state index contributed by atoms with van der Waals surface area (Å²) in [4.78, 5) is 14.5. The molecule has 0 spiro atoms. The zero-order valence-corrected chi connectivity index (χ0v) is 10.3. The van der Waals surface area contributed by atoms with Gasteiger partial charge in [-0.05, 0) is 31.6 Å². The molecule has 1 aliphatic heterocycles. The van der Waals surface area contributed by atoms with E-state index in [1.807, 2.05) is 0 Å². The van der Waals surface area contributed by atoms with E-state index in [4.69, 9.17) is 5.73 Å². The standard InChI is InChI=1S/C13H24N2O/c1-10-5-4-8-15(12(10)9-14)13(16)11-6-2-3-7-11/h10-12H,2-9,14H2,1H3. The van der Waals surface area contributed by atoms with Crippen molar-refractivity contribution in [1.29, 1.82) is 0 Å². The van der Waals surface area contributed by atoms with Gasteiger partial charge in [0, 0.05) is 25.0 Å². The van der Waals surface area contributed by atoms with E-state index in [9.17, 15) is 4.79 Å². The van der Waals surface area contributed by atoms with E-state index in [2.05, 4.69) is 11.8 Å². The van der Waals surface area contributed by atoms with Gasteiger partial charge in [-0.2, -0.15) is 0 Å². The van der Waals surface area contributed by atoms with E-state index in [0.717, 1.165) is 25.8 Å². The third-order valence-corrected chi connectivity index (χ3v) is 4.34. The molecule has 0 radical (unpaired) electrons. The summed E-state index contributed by atoms with van der Waals surface area (Å²) in [5.74, 6) is 1.27. The first kappa shape index (κ1) is 11.9. The minimum absolute atomic E-state index is 0.293. The predicted octanol–water partition coefficient (Wildman–Crippen LogP) is 1.76. The monoisotopic (exact) mass is 224 g/mol. The van der Waals surface area contributed by atoms with Crippen LogP contribution >= 0.6 is 0 Å². The average Bonchev–Trinajstić information content (AvgIpc) is 2.81. The SMILES string of the molecule is CC1CCCN(C(=O)C2CCCC2)C1CN. The highest BCUT2D eigenvalue weighted by Gasteiger charge is 2.35. The van der Waals surface area contributed by atoms with E-state index in [-0.39, 0.29) is 0 Å². The summed E-state index contributed by atoms with van der Waals surface area (Å²) in [5, 5.41) is 0. The van der Waals surface area contributed by atoms with Crippen LogP contribution in [0.4, 0.5) is 0 Å². The number of carbonyl (C=O) groups is 1. The van der Waals surface area contributed by atoms with Crippen LogP contribution in [0.3, 0.4) is 0 Å². The first-order chi connectivity index (χ1) is 7.74. The molecule has 0 aromatic rings. The summed E-state index contributed by atoms with van der Waals surface area (Å²) >= 11 is 0. The number of rotatable bonds is 2. The van der Waals surface area contributed by atoms with Gasteiger partial charge >= 0.3 is 0 Å². The summed E-state index contributed by atoms with van der Waals surface area (Å²) in [5.41, 5.74) is 5.83. The highest BCUT2D eigenvalue weighted by molar-refractivity contribution is 5.79. The van der Waals surface area contributed by atoms with Crippen LogP contribution in [-0.4, -0.2) is 29.9 Å². The first-order valence-corrected chi connectivity index (χ1v) is 6.74. The Bertz CT molecular complexity index is 248. The van der Waals surface area contributed by atoms with Crippen LogP contribution in [0.2, 0.25) is 0 Å². The molecule has 2 rings (SSSR count). The molecule has 0 aromatic heterocycles. The molecule has 2 atom stereocenters. The van der Waals surface area contributed by atoms with Gasteiger partial charge in [-0.1, -0.05) is 19.8 Å². The molecule has 0 bridgehead atoms. The normalized spacial score (nSPS) is 32.0. The van der Waals surface area contributed by atoms with E-state index in [0.29, 0.717) is 30.3 Å². The second kappa shape index (κ2) is 5.17. The number of likely N-dealkylation sites (tertiary alicyclic amines) is 1. The molecule has 16 heavy (non-hydrogen) atoms. The van der Waals surface area contributed by atoms with E-state index < -0.39 is 0 Å². The van der Waals surface area contributed by atoms with Gasteiger partial charge in [0.15, 0.2) is 0 Å². The van der Waals surface area contributed by atoms with E-state index in [1.165, 1.54) is 19.3 Å². The van der Waals surface area contributed by atoms with Crippen molar-refractivity contribution in [3.05, 3.63) is 0 Å². The Labute approximate surface area is 98.4 Å². The highest BCUT2D eigenvalue weighted by Crippen LogP contribution is 2.30. The number of hydrogen-bond acceptors (Lipinski definition) is 2. The van der Waals surface area contributed by atoms with Gasteiger partial charge in [0.1, 0.15) is 0 Å². The van der Waals surface area contributed by atoms with Crippen molar-refractivity contribution in [3.63, 3.8) is 0 Å². The van der Waals surface area contributed by atoms with Crippen molar-refractivity contribution in [2.24, 2.45) is 17.6 Å². The number of hydrogen-bond donors (Lipinski definition) is 1. The third kappa shape index (κ3) is 2.24. The van der Waals surface area contributed by atoms with Gasteiger partial charge in [-0.3, -0.25) is 4.79 Å². The average molecular weight is 224 g/mol. The van der Waals surface area contributed by atoms with Crippen LogP contribution in [0.15, 0.2) is 0 Å². The Hall–Kier alpha value is -0.570. The predicted molar refractivity (Wildman–Crippen MR) is 64.9 cm³/mol. The molecule has 2 N–H and O–H groups in total. The maximum atomic E-state index is 12.4. The molecule has 1 heterocycles. The van der Waals surface area contributed by atoms with Crippen LogP contribution in [0, 0.1) is 11.8 Å². The van der Waals surface area contributed by atoms with Gasteiger partial charge in [-0.15, -0.1) is 0 Å². The Morgan fingerprint density at radius 3 is 2.56 bits per heavy atom. The summed E-state index contributed by atoms with van der Waals surface area (Å²) in [6.45, 7) is 3.78. The molecular weight excluding hydrogens is 200 g/mol. The lowest BCUT2D eigenvalue weighted by atomic mass is 9.89. The Balaban J connectivity index is 2.02. The Morgan fingerprint density at radius 1 is 1.25 bits per heavy atom. The summed E-state index contributed by atoms with van der Waals surface area (Å²) in [7, 11) is 0. The first-order valence-electron chi connectivity index (χ1n) is 6.74. The van der Waals surface area contributed by atoms with Crippen LogP contribution in [0.5, 0.6) is 0 Å². The second-order valence-corrected chi connectivity index (χ2v) is 5.44. The quantitative estimate of drug-likeness (QED) is 0.777. The fourth-order valence-electron chi connectivity index (χ4n) is 3.29. The number of amides is 1. The van der Waals surface area contributed by atoms with Crippen molar-refractivity contribution < 1.29 is 4.79 Å². The molecule has 0 aromatic carbocycles. The fourth-order valence-corrected chi connectivity index (χ4v) is 3.29. The van der Waals surface area contributed by atoms with Crippen LogP contribution in [-0.2, 0) is 4.79 Å². The number of nitrogens with zero attached hydrogens (tertiary/aromatic N) is 1. The smallest absolute Gasteiger partial charge is 0.225 e. The molecule has 3 heteroatoms. The minimum Gasteiger partial charge on any atom is -0.338 e. The van der Waals surface area contributed by atoms with Crippen LogP contribution in [0.1, 0.15) is 45.4 Å². The zero-order valence-electron chi connectivity index (χ0n) is 10.3. The Morgan fingerprint density at radius 2 is 1.94 bits per heavy atom. The number of nitrogens with two attached hydrogens (primary N) is 1. The van der Waals surface area contributed by atoms with Crippen LogP contribution < -0.4 is 5.73 Å². The van der Waals surface area contributed by atoms with E-state index in [1.54, 1.807) is 0 Å². The molecule has 92 valence electrons. The molecule has 2 fully saturated rings. The lowest BCUT2D eigenvalue weighted by molar-refractivity contribution is -0.140. The molecule has 1 amide bonds. The van der Waals surface area contributed by atoms with E-state index >= 15 is 0 Å². The number of carbonyl (C=O) groups excluding carboxylic acids is 1. The Kier molecular flexibility index (Phi) is 3.85. The maximum Gasteiger partial charge on any atom is 0.225 e. The highest BCUT2D eigenvalue weighted by atomic mass is 16.2. The molecule has 1 saturated carbocycles. The van der Waals surface area contributed by atoms with Gasteiger partial charge in [0.2, 0.25) is 5.91 Å². The zero-order chi connectivity index (χ0) is 11.5. The van der Waals surface area contributed by atoms with Crippen molar-refractivity contribution in [2.45, 2.75) is 51.5 Å². The summed E-state index contributed by atoms with van der Waals surface area (Å²) in [6, 6.07) is 0.293. The maximum absolute atomic E-state index is 12.4. The van der Waals surface area contributed by atoms with Crippen molar-refractivity contribution in [3.8, 4) is 0 Å². The largest absolute Gasteiger partial charge is 0.338 e. The lowest BCUT2D eigenvalue weighted by Gasteiger charge is -2.40. The molecule has 2 aliphatic rings. The fraction of sp³-hybridized carbons (Fsp3) is 0.923. The van der Waals surface area contributed by atoms with Gasteiger partial charge in [-0.25, -0.2) is 0 Å². The topological polar surface area (TPSA) is 46.3 Å². The molecule has 3 nitrogen and oxygen atoms in total. The summed E-state index contributed by atoms with van der Waals surface area (Å²) in [6.07, 6.45) is 7.02. The van der Waals surface area contributed by atoms with Crippen molar-refractivity contribution in [2.75, 3.05) is 13.1 Å². The summed E-state index contributed by atoms with van der Waals surface area (Å²) < 4.78 is 0. The van der Waals surface area contributed by atoms with Crippen molar-refractivity contribution in [1.82, 2.24) is 4.90 Å². The third-order valence-electron chi connectivity index (χ3n) is 4.34. The molecule has 1 aliphatic carbocycles. The second-order valence-electron chi connectivity index (χ2n) is 5.44. The lowest BCUT2D eigenvalue weighted by Crippen LogP contribution is -2.52. The molecule has 1 saturated heterocycles. The van der Waals surface area contributed by atoms with Gasteiger partial charge in [0.25, 0.3) is 0 Å². The van der Waals surface area contributed by atoms with Gasteiger partial charge < -0.3 is 10.6 Å². The molecule has 2 unspecified atom stereocenters. The van der Waals surface area contributed by atoms with Crippen molar-refractivity contribution >= 4 is 5.91 Å². The van der Waals surface area contributed by atoms with Gasteiger partial charge in [0.05, 0.1) is 0 Å².